The zero-order valence-electron chi connectivity index (χ0n) is 17.9. The Hall–Kier alpha value is -4.27. The van der Waals surface area contributed by atoms with Gasteiger partial charge in [0.2, 0.25) is 11.2 Å². The van der Waals surface area contributed by atoms with Crippen LogP contribution in [0.1, 0.15) is 21.7 Å². The number of rotatable bonds is 5. The highest BCUT2D eigenvalue weighted by Gasteiger charge is 2.40. The summed E-state index contributed by atoms with van der Waals surface area (Å²) in [5, 5.41) is -0.173. The highest BCUT2D eigenvalue weighted by atomic mass is 19.4. The fourth-order valence-corrected chi connectivity index (χ4v) is 3.27. The molecule has 0 fully saturated rings. The number of carbonyl (C=O) groups is 1. The predicted octanol–water partition coefficient (Wildman–Crippen LogP) is 6.14. The molecule has 0 amide bonds. The molecule has 34 heavy (non-hydrogen) atoms. The zero-order valence-corrected chi connectivity index (χ0v) is 17.9. The van der Waals surface area contributed by atoms with Gasteiger partial charge in [-0.15, -0.1) is 0 Å². The molecule has 0 spiro atoms. The Morgan fingerprint density at radius 3 is 2.41 bits per heavy atom. The first-order valence-corrected chi connectivity index (χ1v) is 9.95. The third kappa shape index (κ3) is 4.59. The zero-order chi connectivity index (χ0) is 24.5. The van der Waals surface area contributed by atoms with Gasteiger partial charge in [0.05, 0.1) is 12.5 Å². The minimum Gasteiger partial charge on any atom is -0.496 e. The fourth-order valence-electron chi connectivity index (χ4n) is 3.27. The number of benzene rings is 3. The number of esters is 1. The second kappa shape index (κ2) is 8.93. The standard InChI is InChI=1S/C25H17F3O6/c1-14-6-5-7-15(12-14)32-22-21(29)17-11-10-16(13-20(17)34-23(22)25(26,27)28)33-24(30)18-8-3-4-9-19(18)31-2/h3-13H,1-2H3. The number of hydrogen-bond acceptors (Lipinski definition) is 6. The van der Waals surface area contributed by atoms with Crippen LogP contribution >= 0.6 is 0 Å². The number of halogens is 3. The van der Waals surface area contributed by atoms with E-state index in [1.54, 1.807) is 37.3 Å². The van der Waals surface area contributed by atoms with Gasteiger partial charge in [0.25, 0.3) is 5.76 Å². The van der Waals surface area contributed by atoms with E-state index in [0.717, 1.165) is 11.6 Å². The molecule has 0 aliphatic heterocycles. The number of fused-ring (bicyclic) bond motifs is 1. The molecule has 0 saturated carbocycles. The molecule has 0 N–H and O–H groups in total. The maximum Gasteiger partial charge on any atom is 0.453 e. The van der Waals surface area contributed by atoms with Crippen molar-refractivity contribution in [1.29, 1.82) is 0 Å². The second-order valence-corrected chi connectivity index (χ2v) is 7.25. The number of ether oxygens (including phenoxy) is 3. The average molecular weight is 470 g/mol. The third-order valence-corrected chi connectivity index (χ3v) is 4.83. The summed E-state index contributed by atoms with van der Waals surface area (Å²) in [5.74, 6) is -3.18. The van der Waals surface area contributed by atoms with E-state index in [1.807, 2.05) is 0 Å². The Kier molecular flexibility index (Phi) is 6.02. The summed E-state index contributed by atoms with van der Waals surface area (Å²) in [5.41, 5.74) is -0.584. The first kappa shape index (κ1) is 22.9. The summed E-state index contributed by atoms with van der Waals surface area (Å²) >= 11 is 0. The van der Waals surface area contributed by atoms with Crippen molar-refractivity contribution in [2.24, 2.45) is 0 Å². The van der Waals surface area contributed by atoms with Crippen molar-refractivity contribution in [2.45, 2.75) is 13.1 Å². The Bertz CT molecular complexity index is 1440. The molecule has 174 valence electrons. The van der Waals surface area contributed by atoms with Gasteiger partial charge in [0.15, 0.2) is 0 Å². The number of para-hydroxylation sites is 1. The van der Waals surface area contributed by atoms with Gasteiger partial charge in [-0.3, -0.25) is 4.79 Å². The lowest BCUT2D eigenvalue weighted by Crippen LogP contribution is -2.15. The summed E-state index contributed by atoms with van der Waals surface area (Å²) in [4.78, 5) is 25.4. The molecule has 1 heterocycles. The quantitative estimate of drug-likeness (QED) is 0.258. The SMILES string of the molecule is COc1ccccc1C(=O)Oc1ccc2c(=O)c(Oc3cccc(C)c3)c(C(F)(F)F)oc2c1. The molecule has 4 aromatic rings. The smallest absolute Gasteiger partial charge is 0.453 e. The number of methoxy groups -OCH3 is 1. The Morgan fingerprint density at radius 1 is 0.941 bits per heavy atom. The molecule has 0 atom stereocenters. The molecule has 1 aromatic heterocycles. The third-order valence-electron chi connectivity index (χ3n) is 4.83. The fraction of sp³-hybridized carbons (Fsp3) is 0.120. The van der Waals surface area contributed by atoms with Gasteiger partial charge in [-0.1, -0.05) is 24.3 Å². The van der Waals surface area contributed by atoms with E-state index in [9.17, 15) is 22.8 Å². The largest absolute Gasteiger partial charge is 0.496 e. The predicted molar refractivity (Wildman–Crippen MR) is 117 cm³/mol. The molecule has 3 aromatic carbocycles. The van der Waals surface area contributed by atoms with Crippen LogP contribution in [0, 0.1) is 6.92 Å². The first-order chi connectivity index (χ1) is 16.2. The lowest BCUT2D eigenvalue weighted by Gasteiger charge is -2.14. The van der Waals surface area contributed by atoms with Crippen LogP contribution in [-0.2, 0) is 6.18 Å². The topological polar surface area (TPSA) is 75.0 Å². The molecule has 0 aliphatic carbocycles. The molecule has 0 bridgehead atoms. The van der Waals surface area contributed by atoms with Gasteiger partial charge in [0, 0.05) is 6.07 Å². The number of aryl methyl sites for hydroxylation is 1. The van der Waals surface area contributed by atoms with Crippen LogP contribution in [0.3, 0.4) is 0 Å². The molecule has 6 nitrogen and oxygen atoms in total. The van der Waals surface area contributed by atoms with Crippen LogP contribution in [0.25, 0.3) is 11.0 Å². The van der Waals surface area contributed by atoms with Gasteiger partial charge in [0.1, 0.15) is 28.4 Å². The van der Waals surface area contributed by atoms with Crippen molar-refractivity contribution in [2.75, 3.05) is 7.11 Å². The van der Waals surface area contributed by atoms with Gasteiger partial charge < -0.3 is 18.6 Å². The lowest BCUT2D eigenvalue weighted by atomic mass is 10.2. The first-order valence-electron chi connectivity index (χ1n) is 9.95. The average Bonchev–Trinajstić information content (AvgIpc) is 2.80. The molecule has 4 rings (SSSR count). The number of carbonyl (C=O) groups excluding carboxylic acids is 1. The van der Waals surface area contributed by atoms with Gasteiger partial charge in [-0.2, -0.15) is 13.2 Å². The highest BCUT2D eigenvalue weighted by Crippen LogP contribution is 2.38. The maximum absolute atomic E-state index is 13.7. The Balaban J connectivity index is 1.76. The summed E-state index contributed by atoms with van der Waals surface area (Å²) in [6, 6.07) is 16.0. The second-order valence-electron chi connectivity index (χ2n) is 7.25. The Labute approximate surface area is 191 Å². The summed E-state index contributed by atoms with van der Waals surface area (Å²) in [6.45, 7) is 1.73. The van der Waals surface area contributed by atoms with Crippen molar-refractivity contribution in [3.8, 4) is 23.0 Å². The summed E-state index contributed by atoms with van der Waals surface area (Å²) in [7, 11) is 1.38. The van der Waals surface area contributed by atoms with Gasteiger partial charge in [-0.25, -0.2) is 4.79 Å². The molecule has 0 radical (unpaired) electrons. The monoisotopic (exact) mass is 470 g/mol. The maximum atomic E-state index is 13.7. The minimum atomic E-state index is -5.02. The highest BCUT2D eigenvalue weighted by molar-refractivity contribution is 5.94. The van der Waals surface area contributed by atoms with E-state index in [2.05, 4.69) is 0 Å². The molecule has 0 aliphatic rings. The minimum absolute atomic E-state index is 0.0551. The van der Waals surface area contributed by atoms with E-state index in [-0.39, 0.29) is 28.2 Å². The van der Waals surface area contributed by atoms with E-state index < -0.39 is 34.7 Å². The van der Waals surface area contributed by atoms with E-state index in [4.69, 9.17) is 18.6 Å². The molecule has 0 unspecified atom stereocenters. The van der Waals surface area contributed by atoms with Crippen molar-refractivity contribution in [3.63, 3.8) is 0 Å². The van der Waals surface area contributed by atoms with Crippen LogP contribution in [-0.4, -0.2) is 13.1 Å². The van der Waals surface area contributed by atoms with Crippen molar-refractivity contribution in [3.05, 3.63) is 93.8 Å². The van der Waals surface area contributed by atoms with Crippen molar-refractivity contribution in [1.82, 2.24) is 0 Å². The number of alkyl halides is 3. The molecule has 9 heteroatoms. The van der Waals surface area contributed by atoms with Crippen LogP contribution in [0.2, 0.25) is 0 Å². The van der Waals surface area contributed by atoms with Crippen LogP contribution in [0.4, 0.5) is 13.2 Å². The molecular formula is C25H17F3O6. The van der Waals surface area contributed by atoms with E-state index in [0.29, 0.717) is 0 Å². The van der Waals surface area contributed by atoms with Gasteiger partial charge in [-0.05, 0) is 48.9 Å². The molecule has 0 saturated heterocycles. The van der Waals surface area contributed by atoms with E-state index in [1.165, 1.54) is 37.4 Å². The van der Waals surface area contributed by atoms with Crippen molar-refractivity contribution < 1.29 is 36.6 Å². The summed E-state index contributed by atoms with van der Waals surface area (Å²) in [6.07, 6.45) is -5.02. The van der Waals surface area contributed by atoms with E-state index >= 15 is 0 Å². The Morgan fingerprint density at radius 2 is 1.71 bits per heavy atom. The van der Waals surface area contributed by atoms with Crippen LogP contribution in [0.15, 0.2) is 75.9 Å². The molecular weight excluding hydrogens is 453 g/mol. The van der Waals surface area contributed by atoms with Gasteiger partial charge >= 0.3 is 12.1 Å². The lowest BCUT2D eigenvalue weighted by molar-refractivity contribution is -0.154. The normalized spacial score (nSPS) is 11.3. The van der Waals surface area contributed by atoms with Crippen LogP contribution < -0.4 is 19.6 Å². The number of hydrogen-bond donors (Lipinski definition) is 0. The summed E-state index contributed by atoms with van der Waals surface area (Å²) < 4.78 is 62.0. The van der Waals surface area contributed by atoms with Crippen molar-refractivity contribution >= 4 is 16.9 Å². The van der Waals surface area contributed by atoms with Crippen LogP contribution in [0.5, 0.6) is 23.0 Å².